The van der Waals surface area contributed by atoms with Crippen LogP contribution in [0.2, 0.25) is 0 Å². The molecule has 0 aliphatic carbocycles. The van der Waals surface area contributed by atoms with Gasteiger partial charge < -0.3 is 15.5 Å². The van der Waals surface area contributed by atoms with E-state index in [-0.39, 0.29) is 11.3 Å². The fourth-order valence-electron chi connectivity index (χ4n) is 2.29. The summed E-state index contributed by atoms with van der Waals surface area (Å²) in [5, 5.41) is 21.8. The number of aliphatic carboxylic acids is 1. The number of hydrogen-bond acceptors (Lipinski definition) is 4. The van der Waals surface area contributed by atoms with Crippen LogP contribution in [0.5, 0.6) is 0 Å². The Kier molecular flexibility index (Phi) is 7.68. The zero-order chi connectivity index (χ0) is 20.6. The maximum Gasteiger partial charge on any atom is 0.327 e. The van der Waals surface area contributed by atoms with Gasteiger partial charge in [-0.1, -0.05) is 54.3 Å². The third-order valence-electron chi connectivity index (χ3n) is 3.67. The lowest BCUT2D eigenvalue weighted by atomic mass is 10.0. The van der Waals surface area contributed by atoms with Crippen molar-refractivity contribution in [3.05, 3.63) is 71.3 Å². The number of carboxylic acid groups (broad SMARTS) is 1. The Balaban J connectivity index is 2.06. The van der Waals surface area contributed by atoms with E-state index in [1.807, 2.05) is 30.3 Å². The standard InChI is InChI=1S/C22H23NO4S/c1-22(2,27)13-12-17-10-6-7-11-18(17)20(24)23-19(21(25)26)15-28-14-16-8-4-3-5-9-16/h3-11,19,27H,14-15H2,1-2H3,(H,23,24)(H,25,26). The Hall–Kier alpha value is -2.75. The molecular formula is C22H23NO4S. The van der Waals surface area contributed by atoms with E-state index in [0.29, 0.717) is 11.3 Å². The Morgan fingerprint density at radius 3 is 2.39 bits per heavy atom. The molecule has 1 amide bonds. The summed E-state index contributed by atoms with van der Waals surface area (Å²) in [7, 11) is 0. The maximum atomic E-state index is 12.6. The van der Waals surface area contributed by atoms with Crippen LogP contribution in [0.4, 0.5) is 0 Å². The third-order valence-corrected chi connectivity index (χ3v) is 4.78. The number of benzene rings is 2. The molecule has 0 fully saturated rings. The van der Waals surface area contributed by atoms with Crippen molar-refractivity contribution in [1.29, 1.82) is 0 Å². The Labute approximate surface area is 169 Å². The fourth-order valence-corrected chi connectivity index (χ4v) is 3.30. The van der Waals surface area contributed by atoms with Gasteiger partial charge in [-0.3, -0.25) is 4.79 Å². The van der Waals surface area contributed by atoms with Crippen LogP contribution in [0.1, 0.15) is 35.3 Å². The molecule has 5 nitrogen and oxygen atoms in total. The fraction of sp³-hybridized carbons (Fsp3) is 0.273. The van der Waals surface area contributed by atoms with E-state index in [4.69, 9.17) is 0 Å². The van der Waals surface area contributed by atoms with Gasteiger partial charge >= 0.3 is 5.97 Å². The normalized spacial score (nSPS) is 11.8. The van der Waals surface area contributed by atoms with E-state index in [9.17, 15) is 19.8 Å². The molecule has 0 radical (unpaired) electrons. The SMILES string of the molecule is CC(C)(O)C#Cc1ccccc1C(=O)NC(CSCc1ccccc1)C(=O)O. The molecule has 0 saturated carbocycles. The van der Waals surface area contributed by atoms with E-state index in [1.54, 1.807) is 38.1 Å². The molecule has 0 heterocycles. The minimum atomic E-state index is -1.19. The summed E-state index contributed by atoms with van der Waals surface area (Å²) in [6, 6.07) is 15.4. The van der Waals surface area contributed by atoms with Crippen LogP contribution in [-0.4, -0.2) is 39.5 Å². The van der Waals surface area contributed by atoms with Gasteiger partial charge in [-0.05, 0) is 31.5 Å². The van der Waals surface area contributed by atoms with Gasteiger partial charge in [0, 0.05) is 17.1 Å². The second-order valence-electron chi connectivity index (χ2n) is 6.72. The number of rotatable bonds is 7. The van der Waals surface area contributed by atoms with Crippen LogP contribution in [0.25, 0.3) is 0 Å². The van der Waals surface area contributed by atoms with E-state index in [2.05, 4.69) is 17.2 Å². The molecule has 0 spiro atoms. The number of hydrogen-bond donors (Lipinski definition) is 3. The van der Waals surface area contributed by atoms with Crippen LogP contribution in [0.15, 0.2) is 54.6 Å². The summed E-state index contributed by atoms with van der Waals surface area (Å²) < 4.78 is 0. The highest BCUT2D eigenvalue weighted by Gasteiger charge is 2.22. The van der Waals surface area contributed by atoms with Gasteiger partial charge in [0.05, 0.1) is 5.56 Å². The average Bonchev–Trinajstić information content (AvgIpc) is 2.66. The lowest BCUT2D eigenvalue weighted by Crippen LogP contribution is -2.42. The molecule has 6 heteroatoms. The van der Waals surface area contributed by atoms with Crippen molar-refractivity contribution < 1.29 is 19.8 Å². The smallest absolute Gasteiger partial charge is 0.327 e. The minimum absolute atomic E-state index is 0.244. The zero-order valence-corrected chi connectivity index (χ0v) is 16.6. The molecule has 146 valence electrons. The number of carbonyl (C=O) groups excluding carboxylic acids is 1. The number of amides is 1. The summed E-state index contributed by atoms with van der Waals surface area (Å²) in [5.74, 6) is 4.76. The molecule has 1 unspecified atom stereocenters. The van der Waals surface area contributed by atoms with Gasteiger partial charge in [-0.25, -0.2) is 4.79 Å². The van der Waals surface area contributed by atoms with Crippen LogP contribution in [0, 0.1) is 11.8 Å². The quantitative estimate of drug-likeness (QED) is 0.626. The average molecular weight is 397 g/mol. The Bertz CT molecular complexity index is 879. The van der Waals surface area contributed by atoms with Crippen molar-refractivity contribution in [2.24, 2.45) is 0 Å². The van der Waals surface area contributed by atoms with E-state index in [0.717, 1.165) is 5.56 Å². The van der Waals surface area contributed by atoms with Crippen molar-refractivity contribution in [3.63, 3.8) is 0 Å². The van der Waals surface area contributed by atoms with Crippen molar-refractivity contribution >= 4 is 23.6 Å². The molecule has 0 bridgehead atoms. The number of thioether (sulfide) groups is 1. The van der Waals surface area contributed by atoms with Crippen molar-refractivity contribution in [2.45, 2.75) is 31.2 Å². The van der Waals surface area contributed by atoms with Gasteiger partial charge in [0.25, 0.3) is 5.91 Å². The molecule has 0 aromatic heterocycles. The number of aliphatic hydroxyl groups is 1. The molecule has 2 aromatic rings. The van der Waals surface area contributed by atoms with Gasteiger partial charge in [0.1, 0.15) is 11.6 Å². The van der Waals surface area contributed by atoms with Crippen LogP contribution >= 0.6 is 11.8 Å². The topological polar surface area (TPSA) is 86.6 Å². The summed E-state index contributed by atoms with van der Waals surface area (Å²) in [4.78, 5) is 24.2. The lowest BCUT2D eigenvalue weighted by Gasteiger charge is -2.15. The first-order valence-electron chi connectivity index (χ1n) is 8.76. The number of carbonyl (C=O) groups is 2. The second-order valence-corrected chi connectivity index (χ2v) is 7.75. The van der Waals surface area contributed by atoms with E-state index >= 15 is 0 Å². The van der Waals surface area contributed by atoms with Gasteiger partial charge in [-0.15, -0.1) is 0 Å². The van der Waals surface area contributed by atoms with Crippen LogP contribution < -0.4 is 5.32 Å². The van der Waals surface area contributed by atoms with Crippen molar-refractivity contribution in [2.75, 3.05) is 5.75 Å². The highest BCUT2D eigenvalue weighted by atomic mass is 32.2. The number of carboxylic acids is 1. The minimum Gasteiger partial charge on any atom is -0.480 e. The van der Waals surface area contributed by atoms with Gasteiger partial charge in [0.2, 0.25) is 0 Å². The largest absolute Gasteiger partial charge is 0.480 e. The molecule has 28 heavy (non-hydrogen) atoms. The van der Waals surface area contributed by atoms with Crippen molar-refractivity contribution in [1.82, 2.24) is 5.32 Å². The van der Waals surface area contributed by atoms with Crippen molar-refractivity contribution in [3.8, 4) is 11.8 Å². The highest BCUT2D eigenvalue weighted by molar-refractivity contribution is 7.98. The first-order valence-corrected chi connectivity index (χ1v) is 9.91. The van der Waals surface area contributed by atoms with Gasteiger partial charge in [0.15, 0.2) is 0 Å². The second kappa shape index (κ2) is 9.98. The molecule has 0 saturated heterocycles. The molecule has 3 N–H and O–H groups in total. The highest BCUT2D eigenvalue weighted by Crippen LogP contribution is 2.14. The molecule has 2 aromatic carbocycles. The third kappa shape index (κ3) is 7.10. The first-order chi connectivity index (χ1) is 13.3. The van der Waals surface area contributed by atoms with E-state index in [1.165, 1.54) is 11.8 Å². The zero-order valence-electron chi connectivity index (χ0n) is 15.8. The molecule has 0 aliphatic rings. The molecule has 2 rings (SSSR count). The molecule has 1 atom stereocenters. The number of nitrogens with one attached hydrogen (secondary N) is 1. The predicted octanol–water partition coefficient (Wildman–Crippen LogP) is 2.93. The predicted molar refractivity (Wildman–Crippen MR) is 111 cm³/mol. The monoisotopic (exact) mass is 397 g/mol. The summed E-state index contributed by atoms with van der Waals surface area (Å²) in [6.07, 6.45) is 0. The summed E-state index contributed by atoms with van der Waals surface area (Å²) >= 11 is 1.44. The summed E-state index contributed by atoms with van der Waals surface area (Å²) in [6.45, 7) is 3.10. The van der Waals surface area contributed by atoms with E-state index < -0.39 is 23.5 Å². The Morgan fingerprint density at radius 2 is 1.75 bits per heavy atom. The molecular weight excluding hydrogens is 374 g/mol. The van der Waals surface area contributed by atoms with Crippen LogP contribution in [0.3, 0.4) is 0 Å². The Morgan fingerprint density at radius 1 is 1.11 bits per heavy atom. The lowest BCUT2D eigenvalue weighted by molar-refractivity contribution is -0.138. The van der Waals surface area contributed by atoms with Gasteiger partial charge in [-0.2, -0.15) is 11.8 Å². The maximum absolute atomic E-state index is 12.6. The first kappa shape index (κ1) is 21.5. The summed E-state index contributed by atoms with van der Waals surface area (Å²) in [5.41, 5.74) is 0.610. The van der Waals surface area contributed by atoms with Crippen LogP contribution in [-0.2, 0) is 10.5 Å². The molecule has 0 aliphatic heterocycles.